The average Bonchev–Trinajstić information content (AvgIpc) is 2.46. The summed E-state index contributed by atoms with van der Waals surface area (Å²) in [5.41, 5.74) is 2.00. The Kier molecular flexibility index (Phi) is 3.95. The van der Waals surface area contributed by atoms with Crippen LogP contribution in [0.2, 0.25) is 0 Å². The van der Waals surface area contributed by atoms with E-state index in [1.165, 1.54) is 0 Å². The minimum atomic E-state index is 0.0771. The van der Waals surface area contributed by atoms with E-state index < -0.39 is 0 Å². The minimum Gasteiger partial charge on any atom is -0.507 e. The lowest BCUT2D eigenvalue weighted by molar-refractivity contribution is 0.405. The minimum absolute atomic E-state index is 0.0771. The molecule has 0 saturated heterocycles. The van der Waals surface area contributed by atoms with E-state index >= 15 is 0 Å². The molecule has 1 atom stereocenters. The summed E-state index contributed by atoms with van der Waals surface area (Å²) >= 11 is 0. The van der Waals surface area contributed by atoms with Crippen LogP contribution in [0.3, 0.4) is 0 Å². The zero-order chi connectivity index (χ0) is 13.8. The molecular weight excluding hydrogens is 238 g/mol. The van der Waals surface area contributed by atoms with Gasteiger partial charge in [0.15, 0.2) is 0 Å². The molecule has 0 radical (unpaired) electrons. The lowest BCUT2D eigenvalue weighted by atomic mass is 10.1. The third-order valence-electron chi connectivity index (χ3n) is 3.43. The fraction of sp³-hybridized carbons (Fsp3) is 0.250. The zero-order valence-corrected chi connectivity index (χ0v) is 11.5. The van der Waals surface area contributed by atoms with Gasteiger partial charge in [0.2, 0.25) is 0 Å². The SMILES string of the molecule is COc1ccc(C(C)N(C)c2ccccc2)c(O)c1. The molecule has 2 rings (SSSR count). The van der Waals surface area contributed by atoms with Crippen molar-refractivity contribution in [2.75, 3.05) is 19.1 Å². The Hall–Kier alpha value is -2.16. The normalized spacial score (nSPS) is 11.9. The molecule has 3 nitrogen and oxygen atoms in total. The molecule has 2 aromatic rings. The Morgan fingerprint density at radius 1 is 1.11 bits per heavy atom. The molecule has 0 aliphatic heterocycles. The van der Waals surface area contributed by atoms with Crippen molar-refractivity contribution in [2.45, 2.75) is 13.0 Å². The Balaban J connectivity index is 2.26. The van der Waals surface area contributed by atoms with Gasteiger partial charge in [0, 0.05) is 24.4 Å². The molecule has 2 aromatic carbocycles. The summed E-state index contributed by atoms with van der Waals surface area (Å²) in [4.78, 5) is 2.13. The van der Waals surface area contributed by atoms with Crippen molar-refractivity contribution in [1.82, 2.24) is 0 Å². The number of rotatable bonds is 4. The van der Waals surface area contributed by atoms with Gasteiger partial charge >= 0.3 is 0 Å². The van der Waals surface area contributed by atoms with Gasteiger partial charge in [-0.15, -0.1) is 0 Å². The monoisotopic (exact) mass is 257 g/mol. The number of anilines is 1. The predicted octanol–water partition coefficient (Wildman–Crippen LogP) is 3.60. The highest BCUT2D eigenvalue weighted by atomic mass is 16.5. The summed E-state index contributed by atoms with van der Waals surface area (Å²) in [7, 11) is 3.61. The van der Waals surface area contributed by atoms with Crippen molar-refractivity contribution >= 4 is 5.69 Å². The van der Waals surface area contributed by atoms with Gasteiger partial charge in [-0.05, 0) is 31.2 Å². The molecule has 100 valence electrons. The second-order valence-corrected chi connectivity index (χ2v) is 4.55. The van der Waals surface area contributed by atoms with Crippen LogP contribution in [-0.2, 0) is 0 Å². The number of aromatic hydroxyl groups is 1. The maximum Gasteiger partial charge on any atom is 0.124 e. The Morgan fingerprint density at radius 2 is 1.79 bits per heavy atom. The summed E-state index contributed by atoms with van der Waals surface area (Å²) in [6, 6.07) is 15.6. The van der Waals surface area contributed by atoms with Crippen LogP contribution in [0.4, 0.5) is 5.69 Å². The summed E-state index contributed by atoms with van der Waals surface area (Å²) < 4.78 is 5.10. The van der Waals surface area contributed by atoms with Crippen LogP contribution in [0.1, 0.15) is 18.5 Å². The first kappa shape index (κ1) is 13.3. The van der Waals surface area contributed by atoms with E-state index in [0.717, 1.165) is 11.3 Å². The maximum atomic E-state index is 10.1. The highest BCUT2D eigenvalue weighted by molar-refractivity contribution is 5.50. The van der Waals surface area contributed by atoms with E-state index in [1.807, 2.05) is 37.4 Å². The van der Waals surface area contributed by atoms with Gasteiger partial charge in [-0.25, -0.2) is 0 Å². The Bertz CT molecular complexity index is 540. The van der Waals surface area contributed by atoms with Gasteiger partial charge in [0.05, 0.1) is 13.2 Å². The van der Waals surface area contributed by atoms with Crippen LogP contribution in [0.5, 0.6) is 11.5 Å². The molecule has 1 N–H and O–H groups in total. The second kappa shape index (κ2) is 5.65. The Morgan fingerprint density at radius 3 is 2.37 bits per heavy atom. The van der Waals surface area contributed by atoms with Gasteiger partial charge in [0.25, 0.3) is 0 Å². The van der Waals surface area contributed by atoms with E-state index in [9.17, 15) is 5.11 Å². The fourth-order valence-corrected chi connectivity index (χ4v) is 2.10. The Labute approximate surface area is 114 Å². The smallest absolute Gasteiger partial charge is 0.124 e. The molecular formula is C16H19NO2. The molecule has 0 aromatic heterocycles. The van der Waals surface area contributed by atoms with E-state index in [-0.39, 0.29) is 11.8 Å². The van der Waals surface area contributed by atoms with Crippen LogP contribution < -0.4 is 9.64 Å². The summed E-state index contributed by atoms with van der Waals surface area (Å²) in [6.45, 7) is 2.06. The average molecular weight is 257 g/mol. The molecule has 1 unspecified atom stereocenters. The van der Waals surface area contributed by atoms with Crippen molar-refractivity contribution in [3.63, 3.8) is 0 Å². The maximum absolute atomic E-state index is 10.1. The molecule has 0 heterocycles. The third kappa shape index (κ3) is 2.81. The van der Waals surface area contributed by atoms with Crippen molar-refractivity contribution in [3.05, 3.63) is 54.1 Å². The first-order valence-electron chi connectivity index (χ1n) is 6.28. The van der Waals surface area contributed by atoms with E-state index in [2.05, 4.69) is 24.0 Å². The molecule has 0 fully saturated rings. The predicted molar refractivity (Wildman–Crippen MR) is 77.9 cm³/mol. The fourth-order valence-electron chi connectivity index (χ4n) is 2.10. The van der Waals surface area contributed by atoms with E-state index in [4.69, 9.17) is 4.74 Å². The molecule has 0 amide bonds. The van der Waals surface area contributed by atoms with Gasteiger partial charge in [0.1, 0.15) is 11.5 Å². The number of benzene rings is 2. The third-order valence-corrected chi connectivity index (χ3v) is 3.43. The number of hydrogen-bond acceptors (Lipinski definition) is 3. The zero-order valence-electron chi connectivity index (χ0n) is 11.5. The van der Waals surface area contributed by atoms with Crippen molar-refractivity contribution < 1.29 is 9.84 Å². The molecule has 0 aliphatic rings. The first-order chi connectivity index (χ1) is 9.13. The molecule has 3 heteroatoms. The molecule has 0 spiro atoms. The lowest BCUT2D eigenvalue weighted by Gasteiger charge is -2.28. The van der Waals surface area contributed by atoms with Crippen molar-refractivity contribution in [2.24, 2.45) is 0 Å². The van der Waals surface area contributed by atoms with E-state index in [1.54, 1.807) is 13.2 Å². The van der Waals surface area contributed by atoms with Crippen molar-refractivity contribution in [3.8, 4) is 11.5 Å². The van der Waals surface area contributed by atoms with E-state index in [0.29, 0.717) is 5.75 Å². The number of methoxy groups -OCH3 is 1. The summed E-state index contributed by atoms with van der Waals surface area (Å²) in [6.07, 6.45) is 0. The highest BCUT2D eigenvalue weighted by Gasteiger charge is 2.16. The van der Waals surface area contributed by atoms with Crippen LogP contribution in [0, 0.1) is 0 Å². The highest BCUT2D eigenvalue weighted by Crippen LogP contribution is 2.33. The second-order valence-electron chi connectivity index (χ2n) is 4.55. The number of nitrogens with zero attached hydrogens (tertiary/aromatic N) is 1. The summed E-state index contributed by atoms with van der Waals surface area (Å²) in [5.74, 6) is 0.922. The van der Waals surface area contributed by atoms with Gasteiger partial charge in [-0.1, -0.05) is 18.2 Å². The number of ether oxygens (including phenoxy) is 1. The largest absolute Gasteiger partial charge is 0.507 e. The number of hydrogen-bond donors (Lipinski definition) is 1. The standard InChI is InChI=1S/C16H19NO2/c1-12(17(2)13-7-5-4-6-8-13)15-10-9-14(19-3)11-16(15)18/h4-12,18H,1-3H3. The van der Waals surface area contributed by atoms with Crippen LogP contribution >= 0.6 is 0 Å². The van der Waals surface area contributed by atoms with Crippen LogP contribution in [0.15, 0.2) is 48.5 Å². The van der Waals surface area contributed by atoms with Gasteiger partial charge < -0.3 is 14.7 Å². The summed E-state index contributed by atoms with van der Waals surface area (Å²) in [5, 5.41) is 10.1. The molecule has 19 heavy (non-hydrogen) atoms. The molecule has 0 aliphatic carbocycles. The number of phenolic OH excluding ortho intramolecular Hbond substituents is 1. The lowest BCUT2D eigenvalue weighted by Crippen LogP contribution is -2.21. The van der Waals surface area contributed by atoms with Crippen LogP contribution in [0.25, 0.3) is 0 Å². The number of phenols is 1. The molecule has 0 saturated carbocycles. The molecule has 0 bridgehead atoms. The van der Waals surface area contributed by atoms with Crippen LogP contribution in [-0.4, -0.2) is 19.3 Å². The van der Waals surface area contributed by atoms with Gasteiger partial charge in [-0.3, -0.25) is 0 Å². The number of para-hydroxylation sites is 1. The topological polar surface area (TPSA) is 32.7 Å². The first-order valence-corrected chi connectivity index (χ1v) is 6.28. The van der Waals surface area contributed by atoms with Crippen molar-refractivity contribution in [1.29, 1.82) is 0 Å². The quantitative estimate of drug-likeness (QED) is 0.908. The van der Waals surface area contributed by atoms with Gasteiger partial charge in [-0.2, -0.15) is 0 Å².